The fourth-order valence-electron chi connectivity index (χ4n) is 2.15. The summed E-state index contributed by atoms with van der Waals surface area (Å²) in [6.07, 6.45) is 1.43. The first kappa shape index (κ1) is 21.9. The lowest BCUT2D eigenvalue weighted by Gasteiger charge is -2.12. The SMILES string of the molecule is COc1cc(/C=N/NC(=O)COc2cc(Cl)c(Cl)cc2Cl)cc(OC)c1OC. The molecule has 0 bridgehead atoms. The van der Waals surface area contributed by atoms with E-state index in [-0.39, 0.29) is 22.4 Å². The van der Waals surface area contributed by atoms with Crippen molar-refractivity contribution in [2.75, 3.05) is 27.9 Å². The number of nitrogens with zero attached hydrogens (tertiary/aromatic N) is 1. The van der Waals surface area contributed by atoms with Crippen molar-refractivity contribution in [2.24, 2.45) is 5.10 Å². The van der Waals surface area contributed by atoms with Gasteiger partial charge in [0.05, 0.1) is 42.6 Å². The highest BCUT2D eigenvalue weighted by atomic mass is 35.5. The lowest BCUT2D eigenvalue weighted by Crippen LogP contribution is -2.24. The molecule has 0 aromatic heterocycles. The van der Waals surface area contributed by atoms with E-state index in [0.29, 0.717) is 27.8 Å². The standard InChI is InChI=1S/C18H17Cl3N2O5/c1-25-15-4-10(5-16(26-2)18(15)27-3)8-22-23-17(24)9-28-14-7-12(20)11(19)6-13(14)21/h4-8H,9H2,1-3H3,(H,23,24)/b22-8+. The molecule has 2 aromatic carbocycles. The average molecular weight is 448 g/mol. The third-order valence-electron chi connectivity index (χ3n) is 3.42. The molecule has 2 rings (SSSR count). The summed E-state index contributed by atoms with van der Waals surface area (Å²) >= 11 is 17.7. The van der Waals surface area contributed by atoms with E-state index < -0.39 is 5.91 Å². The minimum Gasteiger partial charge on any atom is -0.493 e. The first-order valence-electron chi connectivity index (χ1n) is 7.78. The summed E-state index contributed by atoms with van der Waals surface area (Å²) < 4.78 is 21.1. The molecule has 28 heavy (non-hydrogen) atoms. The molecule has 7 nitrogen and oxygen atoms in total. The van der Waals surface area contributed by atoms with E-state index in [9.17, 15) is 4.79 Å². The van der Waals surface area contributed by atoms with E-state index in [1.807, 2.05) is 0 Å². The van der Waals surface area contributed by atoms with Crippen molar-refractivity contribution in [3.05, 3.63) is 44.9 Å². The first-order valence-corrected chi connectivity index (χ1v) is 8.92. The van der Waals surface area contributed by atoms with Crippen LogP contribution in [0.5, 0.6) is 23.0 Å². The molecule has 0 heterocycles. The number of rotatable bonds is 8. The smallest absolute Gasteiger partial charge is 0.277 e. The molecular formula is C18H17Cl3N2O5. The van der Waals surface area contributed by atoms with Gasteiger partial charge >= 0.3 is 0 Å². The van der Waals surface area contributed by atoms with Crippen LogP contribution in [0.25, 0.3) is 0 Å². The molecule has 0 spiro atoms. The van der Waals surface area contributed by atoms with E-state index >= 15 is 0 Å². The van der Waals surface area contributed by atoms with Crippen molar-refractivity contribution in [3.8, 4) is 23.0 Å². The quantitative estimate of drug-likeness (QED) is 0.373. The van der Waals surface area contributed by atoms with Crippen LogP contribution in [0.1, 0.15) is 5.56 Å². The predicted octanol–water partition coefficient (Wildman–Crippen LogP) is 4.20. The van der Waals surface area contributed by atoms with Crippen LogP contribution in [-0.2, 0) is 4.79 Å². The van der Waals surface area contributed by atoms with Crippen LogP contribution in [0.3, 0.4) is 0 Å². The van der Waals surface area contributed by atoms with Gasteiger partial charge in [-0.15, -0.1) is 0 Å². The minimum atomic E-state index is -0.495. The zero-order valence-corrected chi connectivity index (χ0v) is 17.5. The van der Waals surface area contributed by atoms with Crippen LogP contribution in [0.4, 0.5) is 0 Å². The molecule has 0 unspecified atom stereocenters. The van der Waals surface area contributed by atoms with Crippen molar-refractivity contribution < 1.29 is 23.7 Å². The maximum absolute atomic E-state index is 11.9. The summed E-state index contributed by atoms with van der Waals surface area (Å²) in [5.41, 5.74) is 2.97. The Kier molecular flexibility index (Phi) is 8.04. The lowest BCUT2D eigenvalue weighted by atomic mass is 10.2. The van der Waals surface area contributed by atoms with Crippen molar-refractivity contribution in [1.29, 1.82) is 0 Å². The first-order chi connectivity index (χ1) is 13.4. The second kappa shape index (κ2) is 10.3. The highest BCUT2D eigenvalue weighted by Gasteiger charge is 2.12. The van der Waals surface area contributed by atoms with Gasteiger partial charge in [0, 0.05) is 11.6 Å². The molecule has 150 valence electrons. The topological polar surface area (TPSA) is 78.4 Å². The monoisotopic (exact) mass is 446 g/mol. The Morgan fingerprint density at radius 1 is 0.929 bits per heavy atom. The highest BCUT2D eigenvalue weighted by molar-refractivity contribution is 6.43. The molecule has 0 fully saturated rings. The van der Waals surface area contributed by atoms with Crippen molar-refractivity contribution in [2.45, 2.75) is 0 Å². The summed E-state index contributed by atoms with van der Waals surface area (Å²) in [5.74, 6) is 1.13. The van der Waals surface area contributed by atoms with Crippen LogP contribution in [0.15, 0.2) is 29.4 Å². The third-order valence-corrected chi connectivity index (χ3v) is 4.44. The van der Waals surface area contributed by atoms with Crippen LogP contribution >= 0.6 is 34.8 Å². The molecule has 0 aliphatic heterocycles. The zero-order chi connectivity index (χ0) is 20.7. The fraction of sp³-hybridized carbons (Fsp3) is 0.222. The normalized spacial score (nSPS) is 10.6. The number of benzene rings is 2. The van der Waals surface area contributed by atoms with Gasteiger partial charge in [0.15, 0.2) is 18.1 Å². The summed E-state index contributed by atoms with van der Waals surface area (Å²) in [6.45, 7) is -0.315. The summed E-state index contributed by atoms with van der Waals surface area (Å²) in [5, 5.41) is 4.67. The molecule has 0 radical (unpaired) electrons. The molecule has 0 saturated carbocycles. The molecule has 0 atom stereocenters. The van der Waals surface area contributed by atoms with Gasteiger partial charge in [-0.3, -0.25) is 4.79 Å². The molecule has 2 aromatic rings. The van der Waals surface area contributed by atoms with Gasteiger partial charge in [0.25, 0.3) is 5.91 Å². The van der Waals surface area contributed by atoms with Crippen LogP contribution in [0, 0.1) is 0 Å². The summed E-state index contributed by atoms with van der Waals surface area (Å²) in [6, 6.07) is 6.23. The van der Waals surface area contributed by atoms with Gasteiger partial charge in [0.1, 0.15) is 5.75 Å². The molecule has 0 saturated heterocycles. The second-order valence-electron chi connectivity index (χ2n) is 5.24. The number of carbonyl (C=O) groups is 1. The molecule has 1 amide bonds. The number of methoxy groups -OCH3 is 3. The summed E-state index contributed by atoms with van der Waals surface area (Å²) in [7, 11) is 4.52. The van der Waals surface area contributed by atoms with Crippen molar-refractivity contribution in [3.63, 3.8) is 0 Å². The molecule has 1 N–H and O–H groups in total. The number of nitrogens with one attached hydrogen (secondary N) is 1. The fourth-order valence-corrected chi connectivity index (χ4v) is 2.74. The predicted molar refractivity (Wildman–Crippen MR) is 109 cm³/mol. The molecular weight excluding hydrogens is 431 g/mol. The van der Waals surface area contributed by atoms with Crippen LogP contribution in [-0.4, -0.2) is 40.1 Å². The summed E-state index contributed by atoms with van der Waals surface area (Å²) in [4.78, 5) is 11.9. The largest absolute Gasteiger partial charge is 0.493 e. The van der Waals surface area contributed by atoms with Gasteiger partial charge < -0.3 is 18.9 Å². The van der Waals surface area contributed by atoms with E-state index in [0.717, 1.165) is 0 Å². The number of amides is 1. The van der Waals surface area contributed by atoms with Gasteiger partial charge in [0.2, 0.25) is 5.75 Å². The molecule has 0 aliphatic carbocycles. The highest BCUT2D eigenvalue weighted by Crippen LogP contribution is 2.37. The maximum Gasteiger partial charge on any atom is 0.277 e. The van der Waals surface area contributed by atoms with Gasteiger partial charge in [-0.2, -0.15) is 5.10 Å². The Bertz CT molecular complexity index is 865. The van der Waals surface area contributed by atoms with E-state index in [1.165, 1.54) is 39.7 Å². The number of carbonyl (C=O) groups excluding carboxylic acids is 1. The third kappa shape index (κ3) is 5.58. The van der Waals surface area contributed by atoms with Gasteiger partial charge in [-0.1, -0.05) is 34.8 Å². The Hall–Kier alpha value is -2.35. The Morgan fingerprint density at radius 2 is 1.54 bits per heavy atom. The molecule has 0 aliphatic rings. The number of hydrazone groups is 1. The lowest BCUT2D eigenvalue weighted by molar-refractivity contribution is -0.123. The Balaban J connectivity index is 1.99. The molecule has 10 heteroatoms. The minimum absolute atomic E-state index is 0.236. The average Bonchev–Trinajstić information content (AvgIpc) is 2.68. The number of hydrogen-bond acceptors (Lipinski definition) is 6. The van der Waals surface area contributed by atoms with Gasteiger partial charge in [-0.05, 0) is 18.2 Å². The van der Waals surface area contributed by atoms with E-state index in [4.69, 9.17) is 53.8 Å². The van der Waals surface area contributed by atoms with Crippen molar-refractivity contribution >= 4 is 46.9 Å². The Morgan fingerprint density at radius 3 is 2.11 bits per heavy atom. The zero-order valence-electron chi connectivity index (χ0n) is 15.2. The van der Waals surface area contributed by atoms with Gasteiger partial charge in [-0.25, -0.2) is 5.43 Å². The Labute approximate surface area is 177 Å². The number of ether oxygens (including phenoxy) is 4. The van der Waals surface area contributed by atoms with Crippen LogP contribution < -0.4 is 24.4 Å². The number of halogens is 3. The maximum atomic E-state index is 11.9. The van der Waals surface area contributed by atoms with E-state index in [2.05, 4.69) is 10.5 Å². The van der Waals surface area contributed by atoms with E-state index in [1.54, 1.807) is 12.1 Å². The van der Waals surface area contributed by atoms with Crippen molar-refractivity contribution in [1.82, 2.24) is 5.43 Å². The second-order valence-corrected chi connectivity index (χ2v) is 6.46. The van der Waals surface area contributed by atoms with Crippen LogP contribution in [0.2, 0.25) is 15.1 Å². The number of hydrogen-bond donors (Lipinski definition) is 1.